The number of hydrogen-bond acceptors (Lipinski definition) is 4. The highest BCUT2D eigenvalue weighted by atomic mass is 16.5. The van der Waals surface area contributed by atoms with Crippen LogP contribution in [0.2, 0.25) is 0 Å². The fraction of sp³-hybridized carbons (Fsp3) is 0.214. The second kappa shape index (κ2) is 9.07. The van der Waals surface area contributed by atoms with E-state index >= 15 is 0 Å². The lowest BCUT2D eigenvalue weighted by Crippen LogP contribution is -2.35. The monoisotopic (exact) mass is 463 g/mol. The molecule has 5 rings (SSSR count). The molecule has 0 saturated carbocycles. The standard InChI is InChI=1S/C28H25N5O2/c1-28(2,29-3)22-8-4-19(5-9-22)18-35-23-10-6-20(7-11-23)24-25(21-12-14-30-15-13-21)32-33-17-16-31-27(34)26(24)33/h4-15H,16-18H2,1-2H3,(H,31,34). The highest BCUT2D eigenvalue weighted by Gasteiger charge is 2.28. The van der Waals surface area contributed by atoms with E-state index in [0.717, 1.165) is 39.3 Å². The lowest BCUT2D eigenvalue weighted by molar-refractivity contribution is 0.0925. The normalized spacial score (nSPS) is 13.0. The van der Waals surface area contributed by atoms with Gasteiger partial charge >= 0.3 is 0 Å². The Morgan fingerprint density at radius 3 is 2.43 bits per heavy atom. The summed E-state index contributed by atoms with van der Waals surface area (Å²) in [5, 5.41) is 7.68. The third kappa shape index (κ3) is 4.38. The number of nitrogens with zero attached hydrogens (tertiary/aromatic N) is 4. The summed E-state index contributed by atoms with van der Waals surface area (Å²) >= 11 is 0. The van der Waals surface area contributed by atoms with Crippen LogP contribution in [0, 0.1) is 6.57 Å². The number of nitrogens with one attached hydrogen (secondary N) is 1. The van der Waals surface area contributed by atoms with Gasteiger partial charge in [0.1, 0.15) is 23.7 Å². The molecule has 1 N–H and O–H groups in total. The molecule has 2 aromatic heterocycles. The molecule has 1 amide bonds. The number of pyridine rings is 1. The molecule has 0 bridgehead atoms. The minimum Gasteiger partial charge on any atom is -0.489 e. The second-order valence-electron chi connectivity index (χ2n) is 8.97. The maximum atomic E-state index is 12.7. The third-order valence-corrected chi connectivity index (χ3v) is 6.22. The summed E-state index contributed by atoms with van der Waals surface area (Å²) < 4.78 is 7.78. The Balaban J connectivity index is 1.39. The van der Waals surface area contributed by atoms with Crippen LogP contribution in [-0.2, 0) is 18.7 Å². The molecule has 3 heterocycles. The van der Waals surface area contributed by atoms with Gasteiger partial charge in [-0.05, 0) is 35.4 Å². The first-order valence-corrected chi connectivity index (χ1v) is 11.5. The molecule has 0 aliphatic carbocycles. The Hall–Kier alpha value is -4.44. The van der Waals surface area contributed by atoms with Gasteiger partial charge in [-0.2, -0.15) is 5.10 Å². The molecule has 0 atom stereocenters. The van der Waals surface area contributed by atoms with Crippen LogP contribution in [0.4, 0.5) is 0 Å². The van der Waals surface area contributed by atoms with E-state index in [2.05, 4.69) is 15.1 Å². The van der Waals surface area contributed by atoms with Gasteiger partial charge in [0.2, 0.25) is 0 Å². The maximum Gasteiger partial charge on any atom is 0.270 e. The van der Waals surface area contributed by atoms with Crippen molar-refractivity contribution in [1.82, 2.24) is 20.1 Å². The summed E-state index contributed by atoms with van der Waals surface area (Å²) in [6.07, 6.45) is 3.45. The Morgan fingerprint density at radius 1 is 1.03 bits per heavy atom. The molecule has 0 saturated heterocycles. The van der Waals surface area contributed by atoms with E-state index in [-0.39, 0.29) is 5.91 Å². The fourth-order valence-corrected chi connectivity index (χ4v) is 4.16. The van der Waals surface area contributed by atoms with Gasteiger partial charge < -0.3 is 14.9 Å². The predicted octanol–water partition coefficient (Wildman–Crippen LogP) is 5.09. The zero-order valence-corrected chi connectivity index (χ0v) is 19.7. The van der Waals surface area contributed by atoms with Crippen molar-refractivity contribution in [3.8, 4) is 28.1 Å². The number of ether oxygens (including phenoxy) is 1. The molecule has 7 heteroatoms. The lowest BCUT2D eigenvalue weighted by Gasteiger charge is -2.15. The molecule has 0 unspecified atom stereocenters. The van der Waals surface area contributed by atoms with Crippen molar-refractivity contribution in [2.45, 2.75) is 32.5 Å². The average molecular weight is 464 g/mol. The van der Waals surface area contributed by atoms with Crippen molar-refractivity contribution in [3.63, 3.8) is 0 Å². The van der Waals surface area contributed by atoms with Crippen molar-refractivity contribution >= 4 is 5.91 Å². The van der Waals surface area contributed by atoms with Gasteiger partial charge in [0.15, 0.2) is 0 Å². The molecule has 1 aliphatic rings. The van der Waals surface area contributed by atoms with E-state index < -0.39 is 5.54 Å². The van der Waals surface area contributed by atoms with Crippen molar-refractivity contribution in [2.75, 3.05) is 6.54 Å². The number of benzene rings is 2. The Bertz CT molecular complexity index is 1400. The van der Waals surface area contributed by atoms with Crippen molar-refractivity contribution in [2.24, 2.45) is 0 Å². The number of fused-ring (bicyclic) bond motifs is 1. The Morgan fingerprint density at radius 2 is 1.74 bits per heavy atom. The van der Waals surface area contributed by atoms with Crippen LogP contribution in [0.15, 0.2) is 73.1 Å². The van der Waals surface area contributed by atoms with Gasteiger partial charge in [-0.3, -0.25) is 14.5 Å². The summed E-state index contributed by atoms with van der Waals surface area (Å²) in [6.45, 7) is 12.8. The van der Waals surface area contributed by atoms with Crippen LogP contribution >= 0.6 is 0 Å². The molecule has 35 heavy (non-hydrogen) atoms. The van der Waals surface area contributed by atoms with Gasteiger partial charge in [0, 0.05) is 49.5 Å². The van der Waals surface area contributed by atoms with Gasteiger partial charge in [-0.25, -0.2) is 6.57 Å². The first-order chi connectivity index (χ1) is 17.0. The topological polar surface area (TPSA) is 73.4 Å². The number of hydrogen-bond donors (Lipinski definition) is 1. The second-order valence-corrected chi connectivity index (χ2v) is 8.97. The predicted molar refractivity (Wildman–Crippen MR) is 134 cm³/mol. The molecule has 0 radical (unpaired) electrons. The SMILES string of the molecule is [C-]#[N+]C(C)(C)c1ccc(COc2ccc(-c3c(-c4ccncc4)nn4c3C(=O)NCC4)cc2)cc1. The number of carbonyl (C=O) groups is 1. The van der Waals surface area contributed by atoms with Crippen molar-refractivity contribution in [3.05, 3.63) is 101 Å². The zero-order valence-electron chi connectivity index (χ0n) is 19.7. The van der Waals surface area contributed by atoms with E-state index in [1.54, 1.807) is 17.1 Å². The van der Waals surface area contributed by atoms with Crippen molar-refractivity contribution in [1.29, 1.82) is 0 Å². The number of rotatable bonds is 6. The maximum absolute atomic E-state index is 12.7. The van der Waals surface area contributed by atoms with Crippen LogP contribution in [-0.4, -0.2) is 27.2 Å². The largest absolute Gasteiger partial charge is 0.489 e. The van der Waals surface area contributed by atoms with E-state index in [1.807, 2.05) is 74.5 Å². The van der Waals surface area contributed by atoms with Crippen LogP contribution < -0.4 is 10.1 Å². The van der Waals surface area contributed by atoms with E-state index in [4.69, 9.17) is 16.4 Å². The number of aromatic nitrogens is 3. The quantitative estimate of drug-likeness (QED) is 0.404. The third-order valence-electron chi connectivity index (χ3n) is 6.22. The molecule has 0 fully saturated rings. The van der Waals surface area contributed by atoms with Crippen LogP contribution in [0.3, 0.4) is 0 Å². The Kier molecular flexibility index (Phi) is 5.79. The van der Waals surface area contributed by atoms with E-state index in [0.29, 0.717) is 25.4 Å². The molecule has 1 aliphatic heterocycles. The van der Waals surface area contributed by atoms with Gasteiger partial charge in [-0.1, -0.05) is 36.4 Å². The molecule has 0 spiro atoms. The summed E-state index contributed by atoms with van der Waals surface area (Å²) in [5.74, 6) is 0.611. The van der Waals surface area contributed by atoms with Gasteiger partial charge in [-0.15, -0.1) is 0 Å². The smallest absolute Gasteiger partial charge is 0.270 e. The van der Waals surface area contributed by atoms with Crippen LogP contribution in [0.1, 0.15) is 35.5 Å². The lowest BCUT2D eigenvalue weighted by atomic mass is 9.94. The average Bonchev–Trinajstić information content (AvgIpc) is 3.29. The van der Waals surface area contributed by atoms with Crippen molar-refractivity contribution < 1.29 is 9.53 Å². The van der Waals surface area contributed by atoms with E-state index in [1.165, 1.54) is 0 Å². The van der Waals surface area contributed by atoms with Gasteiger partial charge in [0.25, 0.3) is 11.4 Å². The molecule has 4 aromatic rings. The van der Waals surface area contributed by atoms with E-state index in [9.17, 15) is 4.79 Å². The first kappa shape index (κ1) is 22.4. The molecule has 2 aromatic carbocycles. The summed E-state index contributed by atoms with van der Waals surface area (Å²) in [7, 11) is 0. The minimum atomic E-state index is -0.533. The first-order valence-electron chi connectivity index (χ1n) is 11.5. The number of amides is 1. The molecule has 174 valence electrons. The zero-order chi connectivity index (χ0) is 24.4. The number of carbonyl (C=O) groups excluding carboxylic acids is 1. The summed E-state index contributed by atoms with van der Waals surface area (Å²) in [4.78, 5) is 20.5. The fourth-order valence-electron chi connectivity index (χ4n) is 4.16. The van der Waals surface area contributed by atoms with Gasteiger partial charge in [0.05, 0.1) is 6.54 Å². The Labute approximate surface area is 204 Å². The molecular weight excluding hydrogens is 438 g/mol. The van der Waals surface area contributed by atoms with Crippen LogP contribution in [0.25, 0.3) is 27.2 Å². The highest BCUT2D eigenvalue weighted by Crippen LogP contribution is 2.36. The summed E-state index contributed by atoms with van der Waals surface area (Å²) in [6, 6.07) is 19.5. The highest BCUT2D eigenvalue weighted by molar-refractivity contribution is 6.03. The molecular formula is C28H25N5O2. The summed E-state index contributed by atoms with van der Waals surface area (Å²) in [5.41, 5.74) is 5.42. The minimum absolute atomic E-state index is 0.121. The molecule has 7 nitrogen and oxygen atoms in total. The van der Waals surface area contributed by atoms with Crippen LogP contribution in [0.5, 0.6) is 5.75 Å².